The zero-order valence-corrected chi connectivity index (χ0v) is 23.0. The van der Waals surface area contributed by atoms with Crippen LogP contribution in [0.3, 0.4) is 0 Å². The third-order valence-corrected chi connectivity index (χ3v) is 7.78. The van der Waals surface area contributed by atoms with Crippen molar-refractivity contribution in [1.82, 2.24) is 15.5 Å². The number of alkyl carbamates (subject to hydrolysis) is 1. The highest BCUT2D eigenvalue weighted by molar-refractivity contribution is 5.96. The maximum absolute atomic E-state index is 13.1. The Morgan fingerprint density at radius 3 is 2.29 bits per heavy atom. The standard InChI is InChI=1S/C32H35N3O6/c1-21(31(37)38)33-30(36)25-12-10-22(11-13-25)20-40-27-9-5-8-26(18-27)29(24-6-3-2-4-7-24)34-32(39)41-28-19-35-16-14-23(28)15-17-35/h2-13,18,21,23,28-29H,14-17,19-20H2,1H3,(H,33,36)(H,34,39)(H,37,38)/t21?,28-,29?/m0/s1. The van der Waals surface area contributed by atoms with E-state index in [0.717, 1.165) is 49.2 Å². The van der Waals surface area contributed by atoms with Crippen LogP contribution in [0.5, 0.6) is 5.75 Å². The minimum atomic E-state index is -1.10. The number of nitrogens with zero attached hydrogens (tertiary/aromatic N) is 1. The molecule has 214 valence electrons. The third-order valence-electron chi connectivity index (χ3n) is 7.78. The molecule has 2 bridgehead atoms. The highest BCUT2D eigenvalue weighted by atomic mass is 16.6. The van der Waals surface area contributed by atoms with Crippen LogP contribution < -0.4 is 15.4 Å². The molecule has 2 amide bonds. The summed E-state index contributed by atoms with van der Waals surface area (Å²) in [6.45, 7) is 4.64. The van der Waals surface area contributed by atoms with Crippen LogP contribution in [0.2, 0.25) is 0 Å². The molecular weight excluding hydrogens is 522 g/mol. The normalized spacial score (nSPS) is 20.9. The van der Waals surface area contributed by atoms with Crippen molar-refractivity contribution in [2.45, 2.75) is 44.6 Å². The Morgan fingerprint density at radius 1 is 0.927 bits per heavy atom. The van der Waals surface area contributed by atoms with Crippen molar-refractivity contribution >= 4 is 18.0 Å². The average Bonchev–Trinajstić information content (AvgIpc) is 3.00. The van der Waals surface area contributed by atoms with Crippen LogP contribution in [0.1, 0.15) is 52.9 Å². The third kappa shape index (κ3) is 7.24. The number of hydrogen-bond donors (Lipinski definition) is 3. The molecule has 41 heavy (non-hydrogen) atoms. The van der Waals surface area contributed by atoms with Crippen LogP contribution in [-0.2, 0) is 16.1 Å². The number of ether oxygens (including phenoxy) is 2. The topological polar surface area (TPSA) is 117 Å². The molecule has 3 atom stereocenters. The van der Waals surface area contributed by atoms with Gasteiger partial charge < -0.3 is 25.2 Å². The van der Waals surface area contributed by atoms with E-state index in [0.29, 0.717) is 17.2 Å². The fourth-order valence-corrected chi connectivity index (χ4v) is 5.38. The van der Waals surface area contributed by atoms with Crippen molar-refractivity contribution in [3.05, 3.63) is 101 Å². The van der Waals surface area contributed by atoms with Gasteiger partial charge in [-0.2, -0.15) is 0 Å². The summed E-state index contributed by atoms with van der Waals surface area (Å²) in [7, 11) is 0. The molecule has 0 radical (unpaired) electrons. The second-order valence-electron chi connectivity index (χ2n) is 10.7. The van der Waals surface area contributed by atoms with Crippen molar-refractivity contribution in [1.29, 1.82) is 0 Å². The van der Waals surface area contributed by atoms with Gasteiger partial charge in [-0.25, -0.2) is 4.79 Å². The van der Waals surface area contributed by atoms with Crippen molar-refractivity contribution in [3.63, 3.8) is 0 Å². The summed E-state index contributed by atoms with van der Waals surface area (Å²) < 4.78 is 12.0. The van der Waals surface area contributed by atoms with Crippen LogP contribution in [0.4, 0.5) is 4.79 Å². The molecule has 3 N–H and O–H groups in total. The molecule has 3 aliphatic heterocycles. The van der Waals surface area contributed by atoms with Crippen LogP contribution in [0, 0.1) is 5.92 Å². The Labute approximate surface area is 239 Å². The molecule has 9 heteroatoms. The molecule has 0 aromatic heterocycles. The van der Waals surface area contributed by atoms with E-state index in [4.69, 9.17) is 14.6 Å². The molecule has 9 nitrogen and oxygen atoms in total. The van der Waals surface area contributed by atoms with E-state index in [2.05, 4.69) is 15.5 Å². The summed E-state index contributed by atoms with van der Waals surface area (Å²) in [5, 5.41) is 14.5. The molecular formula is C32H35N3O6. The van der Waals surface area contributed by atoms with Gasteiger partial charge in [0.05, 0.1) is 6.04 Å². The lowest BCUT2D eigenvalue weighted by Gasteiger charge is -2.43. The number of aliphatic carboxylic acids is 1. The molecule has 3 fully saturated rings. The first-order chi connectivity index (χ1) is 19.9. The first kappa shape index (κ1) is 28.2. The number of nitrogens with one attached hydrogen (secondary N) is 2. The Balaban J connectivity index is 1.23. The molecule has 2 unspecified atom stereocenters. The van der Waals surface area contributed by atoms with E-state index in [1.807, 2.05) is 54.6 Å². The number of amides is 2. The fourth-order valence-electron chi connectivity index (χ4n) is 5.38. The van der Waals surface area contributed by atoms with Crippen LogP contribution in [-0.4, -0.2) is 59.8 Å². The first-order valence-electron chi connectivity index (χ1n) is 14.0. The fraction of sp³-hybridized carbons (Fsp3) is 0.344. The maximum Gasteiger partial charge on any atom is 0.408 e. The smallest absolute Gasteiger partial charge is 0.408 e. The second-order valence-corrected chi connectivity index (χ2v) is 10.7. The quantitative estimate of drug-likeness (QED) is 0.339. The molecule has 0 saturated carbocycles. The van der Waals surface area contributed by atoms with E-state index in [-0.39, 0.29) is 12.7 Å². The van der Waals surface area contributed by atoms with Crippen LogP contribution in [0.15, 0.2) is 78.9 Å². The van der Waals surface area contributed by atoms with Gasteiger partial charge in [-0.15, -0.1) is 0 Å². The summed E-state index contributed by atoms with van der Waals surface area (Å²) in [6, 6.07) is 22.8. The van der Waals surface area contributed by atoms with Gasteiger partial charge in [0.1, 0.15) is 24.5 Å². The maximum atomic E-state index is 13.1. The predicted molar refractivity (Wildman–Crippen MR) is 153 cm³/mol. The molecule has 3 aromatic rings. The van der Waals surface area contributed by atoms with Gasteiger partial charge in [-0.05, 0) is 79.7 Å². The monoisotopic (exact) mass is 557 g/mol. The molecule has 3 aliphatic rings. The second kappa shape index (κ2) is 12.9. The van der Waals surface area contributed by atoms with Gasteiger partial charge in [0.15, 0.2) is 0 Å². The zero-order valence-electron chi connectivity index (χ0n) is 23.0. The molecule has 0 aliphatic carbocycles. The van der Waals surface area contributed by atoms with Gasteiger partial charge in [-0.3, -0.25) is 14.5 Å². The van der Waals surface area contributed by atoms with Gasteiger partial charge in [0.25, 0.3) is 5.91 Å². The number of benzene rings is 3. The SMILES string of the molecule is CC(NC(=O)c1ccc(COc2cccc(C(NC(=O)O[C@H]3CN4CCC3CC4)c3ccccc3)c2)cc1)C(=O)O. The lowest BCUT2D eigenvalue weighted by atomic mass is 9.86. The minimum Gasteiger partial charge on any atom is -0.489 e. The first-order valence-corrected chi connectivity index (χ1v) is 14.0. The molecule has 6 rings (SSSR count). The lowest BCUT2D eigenvalue weighted by Crippen LogP contribution is -2.52. The van der Waals surface area contributed by atoms with Gasteiger partial charge in [0.2, 0.25) is 0 Å². The number of carboxylic acids is 1. The van der Waals surface area contributed by atoms with E-state index < -0.39 is 30.1 Å². The molecule has 3 heterocycles. The number of carboxylic acid groups (broad SMARTS) is 1. The summed E-state index contributed by atoms with van der Waals surface area (Å²) >= 11 is 0. The van der Waals surface area contributed by atoms with E-state index >= 15 is 0 Å². The van der Waals surface area contributed by atoms with Crippen LogP contribution >= 0.6 is 0 Å². The zero-order chi connectivity index (χ0) is 28.8. The number of rotatable bonds is 10. The van der Waals surface area contributed by atoms with Gasteiger partial charge in [-0.1, -0.05) is 54.6 Å². The average molecular weight is 558 g/mol. The highest BCUT2D eigenvalue weighted by Crippen LogP contribution is 2.30. The molecule has 3 aromatic carbocycles. The summed E-state index contributed by atoms with van der Waals surface area (Å²) in [5.74, 6) is -0.490. The Bertz CT molecular complexity index is 1360. The largest absolute Gasteiger partial charge is 0.489 e. The lowest BCUT2D eigenvalue weighted by molar-refractivity contribution is -0.138. The van der Waals surface area contributed by atoms with Crippen molar-refractivity contribution in [2.24, 2.45) is 5.92 Å². The van der Waals surface area contributed by atoms with Gasteiger partial charge in [0, 0.05) is 12.1 Å². The minimum absolute atomic E-state index is 0.0818. The van der Waals surface area contributed by atoms with Crippen molar-refractivity contribution in [2.75, 3.05) is 19.6 Å². The van der Waals surface area contributed by atoms with Crippen molar-refractivity contribution in [3.8, 4) is 5.75 Å². The van der Waals surface area contributed by atoms with E-state index in [9.17, 15) is 14.4 Å². The molecule has 3 saturated heterocycles. The Kier molecular flexibility index (Phi) is 8.84. The van der Waals surface area contributed by atoms with Gasteiger partial charge >= 0.3 is 12.1 Å². The number of carbonyl (C=O) groups is 3. The van der Waals surface area contributed by atoms with E-state index in [1.54, 1.807) is 24.3 Å². The number of hydrogen-bond acceptors (Lipinski definition) is 6. The Hall–Kier alpha value is -4.37. The van der Waals surface area contributed by atoms with Crippen LogP contribution in [0.25, 0.3) is 0 Å². The van der Waals surface area contributed by atoms with Crippen molar-refractivity contribution < 1.29 is 29.0 Å². The number of piperidine rings is 3. The summed E-state index contributed by atoms with van der Waals surface area (Å²) in [5.41, 5.74) is 3.00. The summed E-state index contributed by atoms with van der Waals surface area (Å²) in [4.78, 5) is 38.7. The number of carbonyl (C=O) groups excluding carboxylic acids is 2. The van der Waals surface area contributed by atoms with E-state index in [1.165, 1.54) is 6.92 Å². The summed E-state index contributed by atoms with van der Waals surface area (Å²) in [6.07, 6.45) is 1.63. The molecule has 0 spiro atoms. The highest BCUT2D eigenvalue weighted by Gasteiger charge is 2.36. The number of fused-ring (bicyclic) bond motifs is 3. The Morgan fingerprint density at radius 2 is 1.63 bits per heavy atom. The predicted octanol–water partition coefficient (Wildman–Crippen LogP) is 4.38.